The number of aromatic nitrogens is 4. The third kappa shape index (κ3) is 5.55. The van der Waals surface area contributed by atoms with E-state index in [1.165, 1.54) is 6.07 Å². The van der Waals surface area contributed by atoms with Crippen LogP contribution in [-0.4, -0.2) is 49.3 Å². The van der Waals surface area contributed by atoms with Crippen LogP contribution in [0.15, 0.2) is 48.6 Å². The number of H-pyrrole nitrogens is 1. The van der Waals surface area contributed by atoms with E-state index in [0.29, 0.717) is 12.2 Å². The number of nitrogens with two attached hydrogens (primary N) is 1. The summed E-state index contributed by atoms with van der Waals surface area (Å²) in [6.07, 6.45) is 5.21. The lowest BCUT2D eigenvalue weighted by Crippen LogP contribution is -2.43. The van der Waals surface area contributed by atoms with Gasteiger partial charge < -0.3 is 10.3 Å². The Morgan fingerprint density at radius 3 is 2.77 bits per heavy atom. The molecule has 0 spiro atoms. The minimum Gasteiger partial charge on any atom is -0.347 e. The number of nitrogens with zero attached hydrogens (tertiary/aromatic N) is 5. The molecular weight excluding hydrogens is 511 g/mol. The number of hydrazine groups is 1. The predicted octanol–water partition coefficient (Wildman–Crippen LogP) is 2.57. The van der Waals surface area contributed by atoms with Gasteiger partial charge in [0.1, 0.15) is 11.4 Å². The molecule has 0 saturated heterocycles. The van der Waals surface area contributed by atoms with Crippen LogP contribution in [0, 0.1) is 0 Å². The van der Waals surface area contributed by atoms with Crippen LogP contribution in [0.1, 0.15) is 41.7 Å². The number of nitrogens with one attached hydrogen (secondary N) is 2. The van der Waals surface area contributed by atoms with Crippen molar-refractivity contribution in [2.24, 2.45) is 5.84 Å². The lowest BCUT2D eigenvalue weighted by molar-refractivity contribution is 0.0699. The summed E-state index contributed by atoms with van der Waals surface area (Å²) < 4.78 is 1.88. The maximum Gasteiger partial charge on any atom is 0.286 e. The second-order valence-electron chi connectivity index (χ2n) is 7.15. The van der Waals surface area contributed by atoms with Crippen LogP contribution >= 0.6 is 22.9 Å². The fourth-order valence-corrected chi connectivity index (χ4v) is 3.35. The molecule has 0 bridgehead atoms. The third-order valence-corrected chi connectivity index (χ3v) is 5.19. The molecule has 162 valence electrons. The van der Waals surface area contributed by atoms with Gasteiger partial charge in [0.25, 0.3) is 11.8 Å². The van der Waals surface area contributed by atoms with Crippen LogP contribution < -0.4 is 14.3 Å². The second kappa shape index (κ2) is 9.83. The fraction of sp³-hybridized carbons (Fsp3) is 0.250. The number of fused-ring (bicyclic) bond motifs is 1. The Morgan fingerprint density at radius 1 is 1.29 bits per heavy atom. The second-order valence-corrected chi connectivity index (χ2v) is 8.19. The highest BCUT2D eigenvalue weighted by Gasteiger charge is 2.18. The number of anilines is 1. The summed E-state index contributed by atoms with van der Waals surface area (Å²) in [5.41, 5.74) is 3.54. The highest BCUT2D eigenvalue weighted by atomic mass is 127. The smallest absolute Gasteiger partial charge is 0.286 e. The van der Waals surface area contributed by atoms with E-state index in [-0.39, 0.29) is 23.3 Å². The molecule has 10 nitrogen and oxygen atoms in total. The zero-order chi connectivity index (χ0) is 22.5. The molecule has 0 radical (unpaired) electrons. The minimum absolute atomic E-state index is 0.122. The molecule has 0 aliphatic carbocycles. The van der Waals surface area contributed by atoms with Crippen LogP contribution in [0.5, 0.6) is 0 Å². The molecule has 0 atom stereocenters. The zero-order valence-corrected chi connectivity index (χ0v) is 19.5. The quantitative estimate of drug-likeness (QED) is 0.140. The summed E-state index contributed by atoms with van der Waals surface area (Å²) in [4.78, 5) is 40.4. The Bertz CT molecular complexity index is 1130. The average Bonchev–Trinajstić information content (AvgIpc) is 3.24. The van der Waals surface area contributed by atoms with Crippen molar-refractivity contribution in [2.45, 2.75) is 26.8 Å². The molecule has 0 saturated carbocycles. The molecule has 0 aliphatic heterocycles. The topological polar surface area (TPSA) is 133 Å². The van der Waals surface area contributed by atoms with Crippen molar-refractivity contribution in [3.05, 3.63) is 60.0 Å². The molecule has 3 rings (SSSR count). The van der Waals surface area contributed by atoms with Gasteiger partial charge in [-0.05, 0) is 44.5 Å². The molecule has 11 heteroatoms. The van der Waals surface area contributed by atoms with Crippen LogP contribution in [-0.2, 0) is 0 Å². The first kappa shape index (κ1) is 22.6. The van der Waals surface area contributed by atoms with Crippen LogP contribution in [0.25, 0.3) is 11.2 Å². The fourth-order valence-electron chi connectivity index (χ4n) is 2.61. The van der Waals surface area contributed by atoms with Crippen molar-refractivity contribution in [3.8, 4) is 0 Å². The van der Waals surface area contributed by atoms with E-state index in [1.54, 1.807) is 38.5 Å². The van der Waals surface area contributed by atoms with Crippen LogP contribution in [0.4, 0.5) is 5.69 Å². The van der Waals surface area contributed by atoms with E-state index in [9.17, 15) is 9.59 Å². The minimum atomic E-state index is -0.441. The maximum absolute atomic E-state index is 12.5. The van der Waals surface area contributed by atoms with Crippen molar-refractivity contribution < 1.29 is 9.59 Å². The maximum atomic E-state index is 12.5. The monoisotopic (exact) mass is 534 g/mol. The van der Waals surface area contributed by atoms with Crippen LogP contribution in [0.3, 0.4) is 0 Å². The number of imidazole rings is 1. The molecule has 0 aliphatic rings. The lowest BCUT2D eigenvalue weighted by Gasteiger charge is -2.20. The van der Waals surface area contributed by atoms with Gasteiger partial charge in [-0.15, -0.1) is 0 Å². The Balaban J connectivity index is 1.63. The summed E-state index contributed by atoms with van der Waals surface area (Å²) in [6.45, 7) is 5.80. The number of hydrogen-bond acceptors (Lipinski definition) is 7. The molecule has 4 N–H and O–H groups in total. The lowest BCUT2D eigenvalue weighted by atomic mass is 10.2. The number of carbonyl (C=O) groups is 2. The highest BCUT2D eigenvalue weighted by Crippen LogP contribution is 2.21. The molecule has 0 aromatic carbocycles. The van der Waals surface area contributed by atoms with E-state index in [4.69, 9.17) is 5.84 Å². The molecule has 0 fully saturated rings. The molecule has 2 amide bonds. The van der Waals surface area contributed by atoms with Crippen molar-refractivity contribution in [1.29, 1.82) is 0 Å². The molecular formula is C20H23IN8O2. The predicted molar refractivity (Wildman–Crippen MR) is 126 cm³/mol. The third-order valence-electron chi connectivity index (χ3n) is 4.36. The van der Waals surface area contributed by atoms with Gasteiger partial charge in [0.2, 0.25) is 0 Å². The molecule has 31 heavy (non-hydrogen) atoms. The van der Waals surface area contributed by atoms with Crippen molar-refractivity contribution in [3.63, 3.8) is 0 Å². The summed E-state index contributed by atoms with van der Waals surface area (Å²) in [7, 11) is 0. The first-order chi connectivity index (χ1) is 14.8. The zero-order valence-electron chi connectivity index (χ0n) is 17.3. The van der Waals surface area contributed by atoms with Crippen molar-refractivity contribution >= 4 is 51.5 Å². The summed E-state index contributed by atoms with van der Waals surface area (Å²) >= 11 is 2.15. The first-order valence-electron chi connectivity index (χ1n) is 9.51. The number of halogens is 1. The van der Waals surface area contributed by atoms with Gasteiger partial charge in [-0.25, -0.2) is 20.8 Å². The highest BCUT2D eigenvalue weighted by molar-refractivity contribution is 14.1. The van der Waals surface area contributed by atoms with E-state index in [2.05, 4.69) is 48.1 Å². The van der Waals surface area contributed by atoms with Gasteiger partial charge in [0.05, 0.1) is 46.6 Å². The Labute approximate surface area is 193 Å². The molecule has 3 aromatic heterocycles. The van der Waals surface area contributed by atoms with Gasteiger partial charge in [0, 0.05) is 18.8 Å². The molecule has 3 aromatic rings. The number of amides is 2. The van der Waals surface area contributed by atoms with Gasteiger partial charge in [-0.2, -0.15) is 0 Å². The number of pyridine rings is 2. The van der Waals surface area contributed by atoms with Crippen molar-refractivity contribution in [2.75, 3.05) is 9.66 Å². The van der Waals surface area contributed by atoms with Crippen molar-refractivity contribution in [1.82, 2.24) is 30.3 Å². The average molecular weight is 534 g/mol. The number of hydrogen-bond donors (Lipinski definition) is 3. The first-order valence-corrected chi connectivity index (χ1v) is 10.5. The summed E-state index contributed by atoms with van der Waals surface area (Å²) in [5.74, 6) is 4.94. The van der Waals surface area contributed by atoms with Crippen LogP contribution in [0.2, 0.25) is 0 Å². The Kier molecular flexibility index (Phi) is 7.17. The Hall–Kier alpha value is -3.06. The number of aromatic amines is 1. The van der Waals surface area contributed by atoms with Gasteiger partial charge in [0.15, 0.2) is 5.65 Å². The normalized spacial score (nSPS) is 11.6. The van der Waals surface area contributed by atoms with E-state index >= 15 is 0 Å². The summed E-state index contributed by atoms with van der Waals surface area (Å²) in [5, 5.41) is 3.90. The summed E-state index contributed by atoms with van der Waals surface area (Å²) in [6, 6.07) is 6.45. The molecule has 3 heterocycles. The standard InChI is InChI=1S/C20H23IN8O2/c1-12(2)29(22)20(31)16-6-4-5-15(27-16)19(30)24-8-13(3)10-28(21)14-7-17-18(23-9-14)26-11-25-17/h4-7,9-12H,8,22H2,1-3H3,(H,24,30)(H,23,25,26)/b13-10+. The van der Waals surface area contributed by atoms with Gasteiger partial charge in [-0.3, -0.25) is 17.7 Å². The largest absolute Gasteiger partial charge is 0.347 e. The Morgan fingerprint density at radius 2 is 2.03 bits per heavy atom. The van der Waals surface area contributed by atoms with E-state index < -0.39 is 5.91 Å². The molecule has 0 unspecified atom stereocenters. The van der Waals surface area contributed by atoms with Gasteiger partial charge in [-0.1, -0.05) is 6.07 Å². The number of rotatable bonds is 7. The van der Waals surface area contributed by atoms with E-state index in [0.717, 1.165) is 21.8 Å². The number of carbonyl (C=O) groups excluding carboxylic acids is 2. The van der Waals surface area contributed by atoms with Gasteiger partial charge >= 0.3 is 0 Å². The van der Waals surface area contributed by atoms with E-state index in [1.807, 2.05) is 22.3 Å². The SMILES string of the molecule is C/C(=C\N(I)c1cnc2nc[nH]c2c1)CNC(=O)c1cccc(C(=O)N(N)C(C)C)n1.